The molecule has 0 aliphatic heterocycles. The molecule has 0 radical (unpaired) electrons. The number of thioether (sulfide) groups is 1. The van der Waals surface area contributed by atoms with Gasteiger partial charge >= 0.3 is 6.18 Å². The average molecular weight is 696 g/mol. The van der Waals surface area contributed by atoms with Crippen LogP contribution in [0.15, 0.2) is 82.8 Å². The van der Waals surface area contributed by atoms with Gasteiger partial charge in [-0.2, -0.15) is 18.2 Å². The van der Waals surface area contributed by atoms with Gasteiger partial charge in [-0.15, -0.1) is 10.2 Å². The average Bonchev–Trinajstić information content (AvgIpc) is 3.70. The lowest BCUT2D eigenvalue weighted by Crippen LogP contribution is -2.44. The molecular formula is C36H39F4N6O2S+. The first-order valence-electron chi connectivity index (χ1n) is 16.2. The minimum atomic E-state index is -4.59. The third-order valence-electron chi connectivity index (χ3n) is 9.34. The Labute approximate surface area is 286 Å². The van der Waals surface area contributed by atoms with Crippen LogP contribution in [0, 0.1) is 11.2 Å². The third kappa shape index (κ3) is 7.58. The molecule has 0 saturated carbocycles. The van der Waals surface area contributed by atoms with Crippen molar-refractivity contribution in [1.82, 2.24) is 24.3 Å². The molecule has 2 heterocycles. The number of alkyl halides is 3. The number of aromatic nitrogens is 5. The maximum atomic E-state index is 15.2. The molecular weight excluding hydrogens is 656 g/mol. The van der Waals surface area contributed by atoms with E-state index in [1.165, 1.54) is 30.0 Å². The quantitative estimate of drug-likeness (QED) is 0.0852. The Morgan fingerprint density at radius 2 is 1.73 bits per heavy atom. The summed E-state index contributed by atoms with van der Waals surface area (Å²) in [5.41, 5.74) is 1.28. The highest BCUT2D eigenvalue weighted by molar-refractivity contribution is 7.98. The maximum Gasteiger partial charge on any atom is 0.399 e. The van der Waals surface area contributed by atoms with Crippen molar-refractivity contribution in [3.63, 3.8) is 0 Å². The number of aliphatic hydroxyl groups excluding tert-OH is 1. The first-order valence-corrected chi connectivity index (χ1v) is 17.2. The highest BCUT2D eigenvalue weighted by Gasteiger charge is 2.54. The van der Waals surface area contributed by atoms with Crippen LogP contribution in [-0.2, 0) is 38.2 Å². The highest BCUT2D eigenvalue weighted by Crippen LogP contribution is 2.48. The normalized spacial score (nSPS) is 17.7. The summed E-state index contributed by atoms with van der Waals surface area (Å²) >= 11 is 1.31. The van der Waals surface area contributed by atoms with Crippen LogP contribution in [0.2, 0.25) is 0 Å². The zero-order valence-corrected chi connectivity index (χ0v) is 28.3. The molecule has 2 aromatic heterocycles. The number of nitrogens with zero attached hydrogens (tertiary/aromatic N) is 6. The van der Waals surface area contributed by atoms with Gasteiger partial charge in [0.05, 0.1) is 27.2 Å². The maximum absolute atomic E-state index is 15.2. The van der Waals surface area contributed by atoms with Crippen molar-refractivity contribution in [2.24, 2.45) is 5.41 Å². The lowest BCUT2D eigenvalue weighted by molar-refractivity contribution is -0.904. The number of fused-ring (bicyclic) bond motifs is 1. The molecule has 0 amide bonds. The van der Waals surface area contributed by atoms with E-state index in [-0.39, 0.29) is 42.0 Å². The molecule has 1 N–H and O–H groups in total. The first kappa shape index (κ1) is 34.8. The van der Waals surface area contributed by atoms with E-state index in [2.05, 4.69) is 15.2 Å². The van der Waals surface area contributed by atoms with Crippen LogP contribution in [0.25, 0.3) is 5.57 Å². The van der Waals surface area contributed by atoms with Crippen molar-refractivity contribution in [2.45, 2.75) is 62.4 Å². The number of rotatable bonds is 12. The Morgan fingerprint density at radius 1 is 1.00 bits per heavy atom. The number of allylic oxidation sites excluding steroid dienone is 4. The zero-order valence-electron chi connectivity index (χ0n) is 27.5. The van der Waals surface area contributed by atoms with Crippen molar-refractivity contribution < 1.29 is 27.2 Å². The van der Waals surface area contributed by atoms with Gasteiger partial charge in [-0.05, 0) is 54.5 Å². The van der Waals surface area contributed by atoms with Crippen molar-refractivity contribution in [3.05, 3.63) is 123 Å². The molecule has 258 valence electrons. The van der Waals surface area contributed by atoms with Gasteiger partial charge in [-0.25, -0.2) is 4.39 Å². The fourth-order valence-corrected chi connectivity index (χ4v) is 7.44. The lowest BCUT2D eigenvalue weighted by Gasteiger charge is -2.36. The smallest absolute Gasteiger partial charge is 0.391 e. The lowest BCUT2D eigenvalue weighted by atomic mass is 9.78. The molecule has 6 rings (SSSR count). The molecule has 2 aliphatic carbocycles. The van der Waals surface area contributed by atoms with Gasteiger partial charge in [0.25, 0.3) is 5.56 Å². The van der Waals surface area contributed by atoms with E-state index >= 15 is 13.2 Å². The van der Waals surface area contributed by atoms with Crippen LogP contribution in [0.4, 0.5) is 17.6 Å². The Hall–Kier alpha value is -4.07. The van der Waals surface area contributed by atoms with Gasteiger partial charge < -0.3 is 18.7 Å². The molecule has 13 heteroatoms. The van der Waals surface area contributed by atoms with E-state index in [1.54, 1.807) is 28.9 Å². The number of hydrogen-bond donors (Lipinski definition) is 1. The summed E-state index contributed by atoms with van der Waals surface area (Å²) in [6.07, 6.45) is 1.56. The summed E-state index contributed by atoms with van der Waals surface area (Å²) in [6, 6.07) is 15.4. The number of likely N-dealkylation sites (N-methyl/N-ethyl adjacent to an activating group) is 1. The summed E-state index contributed by atoms with van der Waals surface area (Å²) in [5.74, 6) is 0.744. The minimum absolute atomic E-state index is 0.0601. The molecule has 1 unspecified atom stereocenters. The summed E-state index contributed by atoms with van der Waals surface area (Å²) in [7, 11) is 3.76. The Kier molecular flexibility index (Phi) is 9.97. The van der Waals surface area contributed by atoms with Crippen LogP contribution in [0.3, 0.4) is 0 Å². The van der Waals surface area contributed by atoms with Crippen molar-refractivity contribution >= 4 is 17.3 Å². The molecule has 0 saturated heterocycles. The van der Waals surface area contributed by atoms with Crippen LogP contribution in [-0.4, -0.2) is 67.3 Å². The Balaban J connectivity index is 1.40. The van der Waals surface area contributed by atoms with Crippen molar-refractivity contribution in [1.29, 1.82) is 0 Å². The number of hydrogen-bond acceptors (Lipinski definition) is 6. The van der Waals surface area contributed by atoms with E-state index < -0.39 is 18.1 Å². The minimum Gasteiger partial charge on any atom is -0.391 e. The predicted octanol–water partition coefficient (Wildman–Crippen LogP) is 5.96. The number of quaternary nitrogens is 1. The third-order valence-corrected chi connectivity index (χ3v) is 10.4. The Morgan fingerprint density at radius 3 is 2.41 bits per heavy atom. The summed E-state index contributed by atoms with van der Waals surface area (Å²) in [6.45, 7) is 0.126. The molecule has 8 nitrogen and oxygen atoms in total. The molecule has 49 heavy (non-hydrogen) atoms. The topological polar surface area (TPSA) is 85.8 Å². The molecule has 4 aromatic rings. The van der Waals surface area contributed by atoms with Gasteiger partial charge in [0.2, 0.25) is 0 Å². The van der Waals surface area contributed by atoms with Crippen molar-refractivity contribution in [2.75, 3.05) is 27.2 Å². The SMILES string of the molecule is C[N+](C)(CCO)Cc1nnc(Cn2c(SCc3ccc(F)cc3)nc(=O)c3c2CCC3)n1CC1(C(F)(F)F)C=CC(c2ccccc2)=CC1. The zero-order chi connectivity index (χ0) is 34.8. The molecule has 0 fully saturated rings. The van der Waals surface area contributed by atoms with E-state index in [0.717, 1.165) is 28.8 Å². The number of halogens is 4. The second-order valence-electron chi connectivity index (χ2n) is 13.4. The van der Waals surface area contributed by atoms with Gasteiger partial charge in [-0.1, -0.05) is 72.5 Å². The van der Waals surface area contributed by atoms with E-state index in [9.17, 15) is 14.3 Å². The fraction of sp³-hybridized carbons (Fsp3) is 0.389. The molecule has 1 atom stereocenters. The predicted molar refractivity (Wildman–Crippen MR) is 180 cm³/mol. The first-order chi connectivity index (χ1) is 23.4. The van der Waals surface area contributed by atoms with Gasteiger partial charge in [-0.3, -0.25) is 4.79 Å². The van der Waals surface area contributed by atoms with Gasteiger partial charge in [0, 0.05) is 23.6 Å². The van der Waals surface area contributed by atoms with Crippen LogP contribution >= 0.6 is 11.8 Å². The largest absolute Gasteiger partial charge is 0.399 e. The molecule has 2 aliphatic rings. The second kappa shape index (κ2) is 14.0. The van der Waals surface area contributed by atoms with Crippen LogP contribution in [0.1, 0.15) is 46.9 Å². The van der Waals surface area contributed by atoms with Crippen LogP contribution < -0.4 is 5.56 Å². The van der Waals surface area contributed by atoms with Gasteiger partial charge in [0.1, 0.15) is 24.3 Å². The van der Waals surface area contributed by atoms with E-state index in [0.29, 0.717) is 47.5 Å². The second-order valence-corrected chi connectivity index (χ2v) is 14.3. The van der Waals surface area contributed by atoms with Crippen LogP contribution in [0.5, 0.6) is 0 Å². The summed E-state index contributed by atoms with van der Waals surface area (Å²) in [4.78, 5) is 17.5. The summed E-state index contributed by atoms with van der Waals surface area (Å²) in [5, 5.41) is 19.0. The van der Waals surface area contributed by atoms with Gasteiger partial charge in [0.15, 0.2) is 16.8 Å². The fourth-order valence-electron chi connectivity index (χ4n) is 6.47. The molecule has 0 spiro atoms. The number of benzene rings is 2. The Bertz CT molecular complexity index is 1920. The standard InChI is InChI=1S/C36H39F4N6O2S/c1-46(2,19-20-47)22-32-43-42-31(45(32)24-35(36(38,39)40)17-15-27(16-18-35)26-7-4-3-5-8-26)21-44-30-10-6-9-29(30)33(48)41-34(44)49-23-25-11-13-28(37)14-12-25/h3-5,7-8,11-17,47H,6,9-10,18-24H2,1-2H3/q+1. The van der Waals surface area contributed by atoms with E-state index in [1.807, 2.05) is 49.0 Å². The molecule has 0 bridgehead atoms. The van der Waals surface area contributed by atoms with Crippen molar-refractivity contribution in [3.8, 4) is 0 Å². The number of aliphatic hydroxyl groups is 1. The molecule has 2 aromatic carbocycles. The summed E-state index contributed by atoms with van der Waals surface area (Å²) < 4.78 is 62.9. The monoisotopic (exact) mass is 695 g/mol. The van der Waals surface area contributed by atoms with E-state index in [4.69, 9.17) is 0 Å². The highest BCUT2D eigenvalue weighted by atomic mass is 32.2.